The Morgan fingerprint density at radius 2 is 1.41 bits per heavy atom. The molecule has 2 nitrogen and oxygen atoms in total. The first-order valence-electron chi connectivity index (χ1n) is 5.64. The number of nitrogens with zero attached hydrogens (tertiary/aromatic N) is 1. The molecule has 0 saturated carbocycles. The molecule has 0 aliphatic rings. The molecule has 3 rings (SSSR count). The lowest BCUT2D eigenvalue weighted by Gasteiger charge is -2.00. The summed E-state index contributed by atoms with van der Waals surface area (Å²) in [7, 11) is 0. The molecule has 0 aliphatic heterocycles. The average molecular weight is 221 g/mol. The van der Waals surface area contributed by atoms with E-state index >= 15 is 0 Å². The van der Waals surface area contributed by atoms with E-state index in [1.165, 1.54) is 5.56 Å². The zero-order valence-electron chi connectivity index (χ0n) is 9.38. The Morgan fingerprint density at radius 3 is 2.12 bits per heavy atom. The summed E-state index contributed by atoms with van der Waals surface area (Å²) in [6, 6.07) is 20.7. The lowest BCUT2D eigenvalue weighted by molar-refractivity contribution is -0.582. The highest BCUT2D eigenvalue weighted by atomic mass is 15.0. The van der Waals surface area contributed by atoms with Gasteiger partial charge in [0, 0.05) is 5.56 Å². The molecule has 0 radical (unpaired) electrons. The van der Waals surface area contributed by atoms with Crippen LogP contribution in [0.3, 0.4) is 0 Å². The smallest absolute Gasteiger partial charge is 0.247 e. The summed E-state index contributed by atoms with van der Waals surface area (Å²) < 4.78 is 2.15. The van der Waals surface area contributed by atoms with Crippen LogP contribution in [0.25, 0.3) is 16.9 Å². The first-order chi connectivity index (χ1) is 8.45. The van der Waals surface area contributed by atoms with Crippen LogP contribution in [0.2, 0.25) is 0 Å². The molecular formula is C15H13N2+. The Kier molecular flexibility index (Phi) is 2.47. The summed E-state index contributed by atoms with van der Waals surface area (Å²) in [5.41, 5.74) is 3.53. The van der Waals surface area contributed by atoms with Gasteiger partial charge in [0.25, 0.3) is 0 Å². The third kappa shape index (κ3) is 1.85. The maximum atomic E-state index is 3.16. The van der Waals surface area contributed by atoms with E-state index in [-0.39, 0.29) is 0 Å². The van der Waals surface area contributed by atoms with Crippen LogP contribution in [0.5, 0.6) is 0 Å². The first-order valence-corrected chi connectivity index (χ1v) is 5.64. The van der Waals surface area contributed by atoms with Crippen LogP contribution in [0.4, 0.5) is 0 Å². The number of para-hydroxylation sites is 1. The van der Waals surface area contributed by atoms with Crippen LogP contribution in [0.15, 0.2) is 73.2 Å². The minimum absolute atomic E-state index is 1.16. The van der Waals surface area contributed by atoms with E-state index < -0.39 is 0 Å². The molecule has 0 fully saturated rings. The highest BCUT2D eigenvalue weighted by Gasteiger charge is 2.12. The molecule has 0 aliphatic carbocycles. The van der Waals surface area contributed by atoms with Gasteiger partial charge in [-0.3, -0.25) is 0 Å². The fourth-order valence-electron chi connectivity index (χ4n) is 1.96. The number of hydrogen-bond acceptors (Lipinski definition) is 0. The van der Waals surface area contributed by atoms with Crippen molar-refractivity contribution in [2.75, 3.05) is 0 Å². The van der Waals surface area contributed by atoms with E-state index in [4.69, 9.17) is 0 Å². The molecule has 82 valence electrons. The molecule has 1 aromatic heterocycles. The van der Waals surface area contributed by atoms with Crippen molar-refractivity contribution in [3.63, 3.8) is 0 Å². The SMILES string of the molecule is c1ccc(-c2c[nH]c[n+]2-c2ccccc2)cc1. The largest absolute Gasteiger partial charge is 0.249 e. The number of hydrogen-bond donors (Lipinski definition) is 1. The summed E-state index contributed by atoms with van der Waals surface area (Å²) in [6.07, 6.45) is 3.99. The van der Waals surface area contributed by atoms with Crippen LogP contribution < -0.4 is 4.57 Å². The number of rotatable bonds is 2. The topological polar surface area (TPSA) is 19.7 Å². The van der Waals surface area contributed by atoms with Crippen molar-refractivity contribution in [1.82, 2.24) is 4.98 Å². The van der Waals surface area contributed by atoms with E-state index in [1.807, 2.05) is 36.8 Å². The monoisotopic (exact) mass is 221 g/mol. The van der Waals surface area contributed by atoms with Gasteiger partial charge in [-0.1, -0.05) is 48.5 Å². The Bertz CT molecular complexity index is 543. The van der Waals surface area contributed by atoms with Crippen molar-refractivity contribution in [2.24, 2.45) is 0 Å². The average Bonchev–Trinajstić information content (AvgIpc) is 2.90. The lowest BCUT2D eigenvalue weighted by atomic mass is 10.1. The molecule has 17 heavy (non-hydrogen) atoms. The van der Waals surface area contributed by atoms with Crippen molar-refractivity contribution in [2.45, 2.75) is 0 Å². The highest BCUT2D eigenvalue weighted by molar-refractivity contribution is 5.55. The Balaban J connectivity index is 2.13. The number of benzene rings is 2. The molecule has 0 spiro atoms. The minimum atomic E-state index is 1.16. The maximum absolute atomic E-state index is 3.16. The van der Waals surface area contributed by atoms with E-state index in [0.717, 1.165) is 11.4 Å². The molecule has 2 aromatic carbocycles. The van der Waals surface area contributed by atoms with Crippen LogP contribution >= 0.6 is 0 Å². The fourth-order valence-corrected chi connectivity index (χ4v) is 1.96. The number of aromatic nitrogens is 2. The number of nitrogens with one attached hydrogen (secondary N) is 1. The van der Waals surface area contributed by atoms with Crippen molar-refractivity contribution in [3.05, 3.63) is 73.2 Å². The summed E-state index contributed by atoms with van der Waals surface area (Å²) in [6.45, 7) is 0. The molecule has 0 saturated heterocycles. The standard InChI is InChI=1S/C15H12N2/c1-3-7-13(8-4-1)15-11-16-12-17(15)14-9-5-2-6-10-14/h1-12H/p+1. The van der Waals surface area contributed by atoms with Gasteiger partial charge in [0.2, 0.25) is 6.33 Å². The van der Waals surface area contributed by atoms with Gasteiger partial charge >= 0.3 is 0 Å². The molecule has 1 N–H and O–H groups in total. The summed E-state index contributed by atoms with van der Waals surface area (Å²) in [5, 5.41) is 0. The maximum Gasteiger partial charge on any atom is 0.247 e. The molecule has 0 bridgehead atoms. The summed E-state index contributed by atoms with van der Waals surface area (Å²) in [4.78, 5) is 3.16. The minimum Gasteiger partial charge on any atom is -0.249 e. The first kappa shape index (κ1) is 9.85. The van der Waals surface area contributed by atoms with Crippen LogP contribution in [0, 0.1) is 0 Å². The second kappa shape index (κ2) is 4.26. The summed E-state index contributed by atoms with van der Waals surface area (Å²) in [5.74, 6) is 0. The zero-order chi connectivity index (χ0) is 11.5. The third-order valence-corrected chi connectivity index (χ3v) is 2.79. The molecule has 0 atom stereocenters. The zero-order valence-corrected chi connectivity index (χ0v) is 9.38. The number of imidazole rings is 1. The number of aromatic amines is 1. The van der Waals surface area contributed by atoms with Gasteiger partial charge in [-0.2, -0.15) is 4.57 Å². The normalized spacial score (nSPS) is 10.4. The van der Waals surface area contributed by atoms with Crippen LogP contribution in [-0.4, -0.2) is 4.98 Å². The van der Waals surface area contributed by atoms with Gasteiger partial charge in [-0.25, -0.2) is 4.98 Å². The van der Waals surface area contributed by atoms with Crippen LogP contribution in [0.1, 0.15) is 0 Å². The van der Waals surface area contributed by atoms with Gasteiger partial charge in [0.05, 0.1) is 0 Å². The molecular weight excluding hydrogens is 208 g/mol. The molecule has 0 amide bonds. The van der Waals surface area contributed by atoms with E-state index in [9.17, 15) is 0 Å². The lowest BCUT2D eigenvalue weighted by Crippen LogP contribution is -2.30. The predicted molar refractivity (Wildman–Crippen MR) is 67.8 cm³/mol. The van der Waals surface area contributed by atoms with E-state index in [0.29, 0.717) is 0 Å². The second-order valence-corrected chi connectivity index (χ2v) is 3.90. The van der Waals surface area contributed by atoms with Gasteiger partial charge in [0.15, 0.2) is 5.69 Å². The molecule has 1 heterocycles. The Labute approximate surface area is 100 Å². The van der Waals surface area contributed by atoms with Crippen molar-refractivity contribution in [1.29, 1.82) is 0 Å². The third-order valence-electron chi connectivity index (χ3n) is 2.79. The van der Waals surface area contributed by atoms with Gasteiger partial charge in [0.1, 0.15) is 11.9 Å². The van der Waals surface area contributed by atoms with Crippen molar-refractivity contribution >= 4 is 0 Å². The second-order valence-electron chi connectivity index (χ2n) is 3.90. The number of H-pyrrole nitrogens is 1. The highest BCUT2D eigenvalue weighted by Crippen LogP contribution is 2.15. The fraction of sp³-hybridized carbons (Fsp3) is 0. The summed E-state index contributed by atoms with van der Waals surface area (Å²) >= 11 is 0. The van der Waals surface area contributed by atoms with Gasteiger partial charge in [-0.15, -0.1) is 0 Å². The quantitative estimate of drug-likeness (QED) is 0.642. The van der Waals surface area contributed by atoms with Crippen molar-refractivity contribution in [3.8, 4) is 16.9 Å². The van der Waals surface area contributed by atoms with Gasteiger partial charge in [-0.05, 0) is 12.1 Å². The Morgan fingerprint density at radius 1 is 0.765 bits per heavy atom. The van der Waals surface area contributed by atoms with E-state index in [1.54, 1.807) is 0 Å². The van der Waals surface area contributed by atoms with Gasteiger partial charge < -0.3 is 0 Å². The van der Waals surface area contributed by atoms with E-state index in [2.05, 4.69) is 45.9 Å². The van der Waals surface area contributed by atoms with Crippen LogP contribution in [-0.2, 0) is 0 Å². The predicted octanol–water partition coefficient (Wildman–Crippen LogP) is 2.96. The Hall–Kier alpha value is -2.35. The van der Waals surface area contributed by atoms with Crippen molar-refractivity contribution < 1.29 is 4.57 Å². The molecule has 2 heteroatoms. The molecule has 3 aromatic rings. The molecule has 0 unspecified atom stereocenters.